The van der Waals surface area contributed by atoms with Gasteiger partial charge in [0.15, 0.2) is 0 Å². The lowest BCUT2D eigenvalue weighted by molar-refractivity contribution is -0.118. The maximum Gasteiger partial charge on any atom is 0.140 e. The highest BCUT2D eigenvalue weighted by Crippen LogP contribution is 2.12. The van der Waals surface area contributed by atoms with Crippen LogP contribution >= 0.6 is 0 Å². The number of phenolic OH excluding ortho intramolecular Hbond substituents is 1. The first-order valence-corrected chi connectivity index (χ1v) is 6.21. The molecular weight excluding hydrogens is 240 g/mol. The number of hydrogen-bond acceptors (Lipinski definition) is 3. The maximum atomic E-state index is 11.8. The van der Waals surface area contributed by atoms with Crippen molar-refractivity contribution in [3.05, 3.63) is 60.2 Å². The van der Waals surface area contributed by atoms with E-state index in [1.54, 1.807) is 18.2 Å². The molecule has 0 aliphatic heterocycles. The van der Waals surface area contributed by atoms with E-state index in [1.165, 1.54) is 0 Å². The average molecular weight is 256 g/mol. The van der Waals surface area contributed by atoms with Crippen molar-refractivity contribution >= 4 is 5.78 Å². The molecule has 2 rings (SSSR count). The summed E-state index contributed by atoms with van der Waals surface area (Å²) in [6.45, 7) is 0.377. The molecule has 3 nitrogen and oxygen atoms in total. The molecule has 0 saturated carbocycles. The topological polar surface area (TPSA) is 46.5 Å². The summed E-state index contributed by atoms with van der Waals surface area (Å²) < 4.78 is 5.47. The first kappa shape index (κ1) is 13.1. The number of benzene rings is 2. The molecule has 98 valence electrons. The van der Waals surface area contributed by atoms with Gasteiger partial charge in [-0.15, -0.1) is 0 Å². The minimum absolute atomic E-state index is 0.0986. The molecule has 2 aromatic rings. The third-order valence-corrected chi connectivity index (χ3v) is 2.70. The smallest absolute Gasteiger partial charge is 0.140 e. The molecule has 0 unspecified atom stereocenters. The number of rotatable bonds is 6. The summed E-state index contributed by atoms with van der Waals surface area (Å²) in [5.74, 6) is 1.06. The molecule has 0 atom stereocenters. The molecule has 0 bridgehead atoms. The van der Waals surface area contributed by atoms with Gasteiger partial charge in [0.25, 0.3) is 0 Å². The standard InChI is InChI=1S/C16H16O3/c17-14-6-4-5-13(11-14)12-15(18)9-10-19-16-7-2-1-3-8-16/h1-8,11,17H,9-10,12H2. The summed E-state index contributed by atoms with van der Waals surface area (Å²) in [5.41, 5.74) is 0.824. The Kier molecular flexibility index (Phi) is 4.56. The lowest BCUT2D eigenvalue weighted by atomic mass is 10.1. The lowest BCUT2D eigenvalue weighted by Crippen LogP contribution is -2.08. The summed E-state index contributed by atoms with van der Waals surface area (Å²) >= 11 is 0. The van der Waals surface area contributed by atoms with Gasteiger partial charge in [0, 0.05) is 12.8 Å². The number of Topliss-reactive ketones (excluding diaryl/α,β-unsaturated/α-hetero) is 1. The Morgan fingerprint density at radius 1 is 1.05 bits per heavy atom. The fourth-order valence-electron chi connectivity index (χ4n) is 1.78. The summed E-state index contributed by atoms with van der Waals surface area (Å²) in [7, 11) is 0. The molecule has 3 heteroatoms. The van der Waals surface area contributed by atoms with Crippen molar-refractivity contribution in [2.24, 2.45) is 0 Å². The summed E-state index contributed by atoms with van der Waals surface area (Å²) in [4.78, 5) is 11.8. The normalized spacial score (nSPS) is 10.1. The largest absolute Gasteiger partial charge is 0.508 e. The number of para-hydroxylation sites is 1. The lowest BCUT2D eigenvalue weighted by Gasteiger charge is -2.05. The SMILES string of the molecule is O=C(CCOc1ccccc1)Cc1cccc(O)c1. The van der Waals surface area contributed by atoms with Crippen molar-refractivity contribution in [2.75, 3.05) is 6.61 Å². The van der Waals surface area contributed by atoms with Gasteiger partial charge in [-0.1, -0.05) is 30.3 Å². The summed E-state index contributed by atoms with van der Waals surface area (Å²) in [6.07, 6.45) is 0.692. The number of aromatic hydroxyl groups is 1. The highest BCUT2D eigenvalue weighted by atomic mass is 16.5. The van der Waals surface area contributed by atoms with E-state index in [0.29, 0.717) is 19.4 Å². The number of carbonyl (C=O) groups is 1. The van der Waals surface area contributed by atoms with Crippen molar-refractivity contribution < 1.29 is 14.6 Å². The Balaban J connectivity index is 1.76. The predicted molar refractivity (Wildman–Crippen MR) is 73.4 cm³/mol. The van der Waals surface area contributed by atoms with E-state index in [-0.39, 0.29) is 11.5 Å². The maximum absolute atomic E-state index is 11.8. The van der Waals surface area contributed by atoms with Crippen LogP contribution in [0.15, 0.2) is 54.6 Å². The van der Waals surface area contributed by atoms with E-state index in [0.717, 1.165) is 11.3 Å². The Morgan fingerprint density at radius 2 is 1.84 bits per heavy atom. The molecule has 0 spiro atoms. The molecule has 0 fully saturated rings. The molecule has 2 aromatic carbocycles. The van der Waals surface area contributed by atoms with Crippen LogP contribution < -0.4 is 4.74 Å². The van der Waals surface area contributed by atoms with Crippen LogP contribution in [0.5, 0.6) is 11.5 Å². The van der Waals surface area contributed by atoms with Gasteiger partial charge in [-0.2, -0.15) is 0 Å². The van der Waals surface area contributed by atoms with Crippen molar-refractivity contribution in [3.8, 4) is 11.5 Å². The number of hydrogen-bond donors (Lipinski definition) is 1. The van der Waals surface area contributed by atoms with Crippen molar-refractivity contribution in [1.29, 1.82) is 0 Å². The van der Waals surface area contributed by atoms with Crippen LogP contribution in [0.2, 0.25) is 0 Å². The summed E-state index contributed by atoms with van der Waals surface area (Å²) in [5, 5.41) is 9.31. The average Bonchev–Trinajstić information content (AvgIpc) is 2.40. The number of carbonyl (C=O) groups excluding carboxylic acids is 1. The van der Waals surface area contributed by atoms with Gasteiger partial charge in [-0.3, -0.25) is 4.79 Å². The second-order valence-electron chi connectivity index (χ2n) is 4.30. The molecule has 0 amide bonds. The Morgan fingerprint density at radius 3 is 2.58 bits per heavy atom. The summed E-state index contributed by atoms with van der Waals surface area (Å²) in [6, 6.07) is 16.2. The second kappa shape index (κ2) is 6.59. The van der Waals surface area contributed by atoms with E-state index < -0.39 is 0 Å². The molecule has 1 N–H and O–H groups in total. The van der Waals surface area contributed by atoms with Gasteiger partial charge in [-0.05, 0) is 29.8 Å². The van der Waals surface area contributed by atoms with E-state index >= 15 is 0 Å². The van der Waals surface area contributed by atoms with E-state index in [2.05, 4.69) is 0 Å². The highest BCUT2D eigenvalue weighted by molar-refractivity contribution is 5.81. The van der Waals surface area contributed by atoms with Crippen LogP contribution in [0.1, 0.15) is 12.0 Å². The van der Waals surface area contributed by atoms with E-state index in [1.807, 2.05) is 36.4 Å². The molecule has 0 aliphatic carbocycles. The fourth-order valence-corrected chi connectivity index (χ4v) is 1.78. The van der Waals surface area contributed by atoms with Crippen molar-refractivity contribution in [3.63, 3.8) is 0 Å². The van der Waals surface area contributed by atoms with Crippen LogP contribution in [0, 0.1) is 0 Å². The zero-order valence-electron chi connectivity index (χ0n) is 10.6. The third kappa shape index (κ3) is 4.47. The number of phenols is 1. The Hall–Kier alpha value is -2.29. The van der Waals surface area contributed by atoms with Gasteiger partial charge in [-0.25, -0.2) is 0 Å². The molecular formula is C16H16O3. The predicted octanol–water partition coefficient (Wildman–Crippen LogP) is 2.97. The molecule has 0 aliphatic rings. The van der Waals surface area contributed by atoms with Gasteiger partial charge >= 0.3 is 0 Å². The van der Waals surface area contributed by atoms with Crippen molar-refractivity contribution in [1.82, 2.24) is 0 Å². The molecule has 0 heterocycles. The fraction of sp³-hybridized carbons (Fsp3) is 0.188. The van der Waals surface area contributed by atoms with Crippen LogP contribution in [-0.4, -0.2) is 17.5 Å². The minimum Gasteiger partial charge on any atom is -0.508 e. The van der Waals surface area contributed by atoms with Gasteiger partial charge < -0.3 is 9.84 Å². The highest BCUT2D eigenvalue weighted by Gasteiger charge is 2.05. The molecule has 19 heavy (non-hydrogen) atoms. The first-order chi connectivity index (χ1) is 9.24. The van der Waals surface area contributed by atoms with Gasteiger partial charge in [0.1, 0.15) is 17.3 Å². The molecule has 0 aromatic heterocycles. The monoisotopic (exact) mass is 256 g/mol. The Bertz CT molecular complexity index is 535. The van der Waals surface area contributed by atoms with E-state index in [4.69, 9.17) is 4.74 Å². The van der Waals surface area contributed by atoms with Crippen LogP contribution in [0.4, 0.5) is 0 Å². The van der Waals surface area contributed by atoms with Crippen LogP contribution in [0.3, 0.4) is 0 Å². The number of ketones is 1. The number of ether oxygens (including phenoxy) is 1. The zero-order chi connectivity index (χ0) is 13.5. The minimum atomic E-state index is 0.0986. The molecule has 0 radical (unpaired) electrons. The van der Waals surface area contributed by atoms with Crippen LogP contribution in [0.25, 0.3) is 0 Å². The first-order valence-electron chi connectivity index (χ1n) is 6.21. The van der Waals surface area contributed by atoms with Gasteiger partial charge in [0.2, 0.25) is 0 Å². The Labute approximate surface area is 112 Å². The third-order valence-electron chi connectivity index (χ3n) is 2.70. The van der Waals surface area contributed by atoms with Crippen LogP contribution in [-0.2, 0) is 11.2 Å². The van der Waals surface area contributed by atoms with E-state index in [9.17, 15) is 9.90 Å². The quantitative estimate of drug-likeness (QED) is 0.864. The molecule has 0 saturated heterocycles. The second-order valence-corrected chi connectivity index (χ2v) is 4.30. The van der Waals surface area contributed by atoms with Gasteiger partial charge in [0.05, 0.1) is 6.61 Å². The van der Waals surface area contributed by atoms with Crippen molar-refractivity contribution in [2.45, 2.75) is 12.8 Å². The zero-order valence-corrected chi connectivity index (χ0v) is 10.6.